The summed E-state index contributed by atoms with van der Waals surface area (Å²) in [6.45, 7) is 2.29. The fourth-order valence-corrected chi connectivity index (χ4v) is 4.29. The van der Waals surface area contributed by atoms with Crippen LogP contribution in [0, 0.1) is 5.41 Å². The molecule has 0 bridgehead atoms. The normalized spacial score (nSPS) is 19.8. The van der Waals surface area contributed by atoms with Crippen LogP contribution in [0.1, 0.15) is 30.1 Å². The lowest BCUT2D eigenvalue weighted by atomic mass is 10.2. The third-order valence-corrected chi connectivity index (χ3v) is 6.53. The predicted molar refractivity (Wildman–Crippen MR) is 116 cm³/mol. The molecule has 1 aromatic carbocycles. The number of esters is 1. The molecule has 29 heavy (non-hydrogen) atoms. The summed E-state index contributed by atoms with van der Waals surface area (Å²) < 4.78 is 4.57. The van der Waals surface area contributed by atoms with Crippen molar-refractivity contribution in [3.8, 4) is 0 Å². The van der Waals surface area contributed by atoms with Crippen molar-refractivity contribution in [2.45, 2.75) is 36.0 Å². The average Bonchev–Trinajstić information content (AvgIpc) is 3.00. The van der Waals surface area contributed by atoms with E-state index in [4.69, 9.17) is 5.41 Å². The summed E-state index contributed by atoms with van der Waals surface area (Å²) in [5, 5.41) is 10.0. The Kier molecular flexibility index (Phi) is 8.71. The van der Waals surface area contributed by atoms with Gasteiger partial charge in [-0.15, -0.1) is 0 Å². The van der Waals surface area contributed by atoms with Crippen molar-refractivity contribution < 1.29 is 19.1 Å². The molecule has 1 aliphatic heterocycles. The first-order valence-electron chi connectivity index (χ1n) is 9.00. The van der Waals surface area contributed by atoms with Gasteiger partial charge in [-0.05, 0) is 37.6 Å². The van der Waals surface area contributed by atoms with Gasteiger partial charge in [0.05, 0.1) is 12.7 Å². The van der Waals surface area contributed by atoms with Crippen molar-refractivity contribution in [2.75, 3.05) is 20.7 Å². The molecule has 0 aromatic heterocycles. The molecule has 1 saturated heterocycles. The number of ether oxygens (including phenoxy) is 1. The molecule has 2 unspecified atom stereocenters. The van der Waals surface area contributed by atoms with Gasteiger partial charge in [0, 0.05) is 36.5 Å². The molecule has 156 valence electrons. The minimum absolute atomic E-state index is 0.126. The molecular weight excluding hydrogens is 412 g/mol. The van der Waals surface area contributed by atoms with Gasteiger partial charge in [0.25, 0.3) is 5.91 Å². The molecule has 2 N–H and O–H groups in total. The van der Waals surface area contributed by atoms with E-state index in [1.165, 1.54) is 36.2 Å². The maximum absolute atomic E-state index is 12.5. The zero-order valence-corrected chi connectivity index (χ0v) is 18.1. The molecule has 0 radical (unpaired) electrons. The van der Waals surface area contributed by atoms with Crippen LogP contribution in [-0.2, 0) is 14.3 Å². The smallest absolute Gasteiger partial charge is 0.305 e. The Morgan fingerprint density at radius 3 is 2.66 bits per heavy atom. The van der Waals surface area contributed by atoms with Crippen LogP contribution in [0.2, 0.25) is 0 Å². The number of methoxy groups -OCH3 is 1. The number of carbonyl (C=O) groups excluding carboxylic acids is 3. The largest absolute Gasteiger partial charge is 0.469 e. The van der Waals surface area contributed by atoms with Crippen LogP contribution in [0.4, 0.5) is 0 Å². The monoisotopic (exact) mass is 436 g/mol. The molecular formula is C19H24N4O4S2. The van der Waals surface area contributed by atoms with Crippen LogP contribution in [0.5, 0.6) is 0 Å². The number of amides is 2. The van der Waals surface area contributed by atoms with E-state index < -0.39 is 5.25 Å². The number of thioether (sulfide) groups is 2. The second kappa shape index (κ2) is 11.0. The maximum Gasteiger partial charge on any atom is 0.305 e. The van der Waals surface area contributed by atoms with Crippen molar-refractivity contribution in [3.05, 3.63) is 29.8 Å². The van der Waals surface area contributed by atoms with Crippen LogP contribution < -0.4 is 5.32 Å². The Morgan fingerprint density at radius 1 is 1.34 bits per heavy atom. The van der Waals surface area contributed by atoms with E-state index in [1.807, 2.05) is 11.8 Å². The fraction of sp³-hybridized carbons (Fsp3) is 0.421. The van der Waals surface area contributed by atoms with E-state index in [-0.39, 0.29) is 30.2 Å². The number of nitrogens with one attached hydrogen (secondary N) is 2. The zero-order chi connectivity index (χ0) is 21.4. The lowest BCUT2D eigenvalue weighted by Crippen LogP contribution is -2.41. The maximum atomic E-state index is 12.5. The molecule has 1 aliphatic rings. The van der Waals surface area contributed by atoms with Crippen molar-refractivity contribution in [2.24, 2.45) is 4.99 Å². The zero-order valence-electron chi connectivity index (χ0n) is 16.5. The van der Waals surface area contributed by atoms with Gasteiger partial charge in [-0.3, -0.25) is 14.4 Å². The van der Waals surface area contributed by atoms with Crippen LogP contribution >= 0.6 is 23.5 Å². The molecule has 2 rings (SSSR count). The first-order valence-corrected chi connectivity index (χ1v) is 10.8. The molecule has 1 aromatic rings. The molecule has 2 amide bonds. The van der Waals surface area contributed by atoms with Crippen LogP contribution in [-0.4, -0.2) is 65.4 Å². The highest BCUT2D eigenvalue weighted by Crippen LogP contribution is 2.31. The number of hydrogen-bond donors (Lipinski definition) is 2. The second-order valence-electron chi connectivity index (χ2n) is 6.32. The second-order valence-corrected chi connectivity index (χ2v) is 8.37. The molecule has 0 spiro atoms. The van der Waals surface area contributed by atoms with Crippen molar-refractivity contribution in [1.82, 2.24) is 10.2 Å². The SMILES string of the molecule is COC(=O)CCCNC(=O)C1SC(=NC(=O)c2ccc(SC=N)cc2)N(C)C1C. The standard InChI is InChI=1S/C19H24N4O4S2/c1-12-16(18(26)21-10-4-5-15(24)27-3)29-19(23(12)2)22-17(25)13-6-8-14(9-7-13)28-11-20/h6-9,11-12,16,20H,4-5,10H2,1-3H3,(H,21,26). The van der Waals surface area contributed by atoms with Crippen molar-refractivity contribution in [3.63, 3.8) is 0 Å². The van der Waals surface area contributed by atoms with Gasteiger partial charge in [-0.1, -0.05) is 23.5 Å². The summed E-state index contributed by atoms with van der Waals surface area (Å²) in [5.41, 5.74) is 1.67. The first kappa shape index (κ1) is 23.0. The Morgan fingerprint density at radius 2 is 2.03 bits per heavy atom. The number of amidine groups is 1. The van der Waals surface area contributed by atoms with Gasteiger partial charge in [0.2, 0.25) is 5.91 Å². The van der Waals surface area contributed by atoms with Gasteiger partial charge < -0.3 is 20.4 Å². The highest BCUT2D eigenvalue weighted by molar-refractivity contribution is 8.15. The summed E-state index contributed by atoms with van der Waals surface area (Å²) in [6.07, 6.45) is 0.758. The topological polar surface area (TPSA) is 112 Å². The minimum Gasteiger partial charge on any atom is -0.469 e. The fourth-order valence-electron chi connectivity index (χ4n) is 2.59. The molecule has 8 nitrogen and oxygen atoms in total. The molecule has 0 saturated carbocycles. The number of rotatable bonds is 8. The Hall–Kier alpha value is -2.33. The Bertz CT molecular complexity index is 798. The van der Waals surface area contributed by atoms with Crippen molar-refractivity contribution in [1.29, 1.82) is 5.41 Å². The highest BCUT2D eigenvalue weighted by atomic mass is 32.2. The summed E-state index contributed by atoms with van der Waals surface area (Å²) >= 11 is 2.51. The highest BCUT2D eigenvalue weighted by Gasteiger charge is 2.39. The lowest BCUT2D eigenvalue weighted by Gasteiger charge is -2.19. The third-order valence-electron chi connectivity index (χ3n) is 4.42. The number of hydrogen-bond acceptors (Lipinski definition) is 7. The first-order chi connectivity index (χ1) is 13.9. The third kappa shape index (κ3) is 6.33. The number of benzene rings is 1. The van der Waals surface area contributed by atoms with E-state index in [2.05, 4.69) is 15.0 Å². The van der Waals surface area contributed by atoms with Gasteiger partial charge in [-0.25, -0.2) is 0 Å². The van der Waals surface area contributed by atoms with Gasteiger partial charge in [-0.2, -0.15) is 4.99 Å². The quantitative estimate of drug-likeness (QED) is 0.212. The molecule has 0 aliphatic carbocycles. The predicted octanol–water partition coefficient (Wildman–Crippen LogP) is 2.39. The average molecular weight is 437 g/mol. The van der Waals surface area contributed by atoms with Gasteiger partial charge in [0.15, 0.2) is 5.17 Å². The van der Waals surface area contributed by atoms with Gasteiger partial charge >= 0.3 is 5.97 Å². The van der Waals surface area contributed by atoms with Gasteiger partial charge in [0.1, 0.15) is 5.25 Å². The van der Waals surface area contributed by atoms with Crippen LogP contribution in [0.3, 0.4) is 0 Å². The van der Waals surface area contributed by atoms with E-state index in [9.17, 15) is 14.4 Å². The molecule has 1 heterocycles. The van der Waals surface area contributed by atoms with Crippen LogP contribution in [0.15, 0.2) is 34.2 Å². The molecule has 2 atom stereocenters. The van der Waals surface area contributed by atoms with E-state index >= 15 is 0 Å². The number of carbonyl (C=O) groups is 3. The Labute approximate surface area is 178 Å². The molecule has 1 fully saturated rings. The van der Waals surface area contributed by atoms with E-state index in [0.29, 0.717) is 23.7 Å². The summed E-state index contributed by atoms with van der Waals surface area (Å²) in [5.74, 6) is -0.832. The van der Waals surface area contributed by atoms with Crippen molar-refractivity contribution >= 4 is 52.0 Å². The minimum atomic E-state index is -0.393. The molecule has 10 heteroatoms. The lowest BCUT2D eigenvalue weighted by molar-refractivity contribution is -0.140. The number of aliphatic imine (C=N–C) groups is 1. The van der Waals surface area contributed by atoms with E-state index in [1.54, 1.807) is 31.3 Å². The Balaban J connectivity index is 1.96. The van der Waals surface area contributed by atoms with E-state index in [0.717, 1.165) is 4.90 Å². The van der Waals surface area contributed by atoms with Crippen LogP contribution in [0.25, 0.3) is 0 Å². The summed E-state index contributed by atoms with van der Waals surface area (Å²) in [7, 11) is 3.14. The summed E-state index contributed by atoms with van der Waals surface area (Å²) in [6, 6.07) is 6.75. The number of nitrogens with zero attached hydrogens (tertiary/aromatic N) is 2. The summed E-state index contributed by atoms with van der Waals surface area (Å²) in [4.78, 5) is 43.0.